The summed E-state index contributed by atoms with van der Waals surface area (Å²) in [5.74, 6) is -0.463. The Hall–Kier alpha value is -2.43. The highest BCUT2D eigenvalue weighted by atomic mass is 19.1. The standard InChI is InChI=1S/C13H11FN2O2/c1-2-6-15-7-8-16(13(18)12(15)17)11-5-3-4-10(14)9-11/h2-5,7-9H,1,6H2. The van der Waals surface area contributed by atoms with E-state index in [1.54, 1.807) is 6.07 Å². The van der Waals surface area contributed by atoms with Crippen molar-refractivity contribution in [2.45, 2.75) is 6.54 Å². The molecule has 0 aliphatic carbocycles. The number of aromatic nitrogens is 2. The van der Waals surface area contributed by atoms with Crippen LogP contribution in [0.4, 0.5) is 4.39 Å². The van der Waals surface area contributed by atoms with Gasteiger partial charge in [-0.2, -0.15) is 0 Å². The van der Waals surface area contributed by atoms with Gasteiger partial charge in [-0.1, -0.05) is 12.1 Å². The quantitative estimate of drug-likeness (QED) is 0.605. The van der Waals surface area contributed by atoms with Crippen LogP contribution in [0.5, 0.6) is 0 Å². The molecule has 92 valence electrons. The van der Waals surface area contributed by atoms with E-state index in [-0.39, 0.29) is 6.54 Å². The van der Waals surface area contributed by atoms with E-state index >= 15 is 0 Å². The monoisotopic (exact) mass is 246 g/mol. The Morgan fingerprint density at radius 3 is 2.67 bits per heavy atom. The minimum absolute atomic E-state index is 0.262. The summed E-state index contributed by atoms with van der Waals surface area (Å²) in [6, 6.07) is 5.50. The van der Waals surface area contributed by atoms with E-state index in [0.29, 0.717) is 5.69 Å². The van der Waals surface area contributed by atoms with Gasteiger partial charge in [0.1, 0.15) is 5.82 Å². The largest absolute Gasteiger partial charge is 0.320 e. The molecule has 0 saturated heterocycles. The smallest absolute Gasteiger partial charge is 0.306 e. The van der Waals surface area contributed by atoms with Crippen LogP contribution >= 0.6 is 0 Å². The fourth-order valence-electron chi connectivity index (χ4n) is 1.62. The van der Waals surface area contributed by atoms with E-state index in [1.807, 2.05) is 0 Å². The van der Waals surface area contributed by atoms with E-state index < -0.39 is 16.9 Å². The van der Waals surface area contributed by atoms with Crippen molar-refractivity contribution in [2.24, 2.45) is 0 Å². The number of halogens is 1. The van der Waals surface area contributed by atoms with Gasteiger partial charge < -0.3 is 4.57 Å². The highest BCUT2D eigenvalue weighted by Crippen LogP contribution is 2.06. The van der Waals surface area contributed by atoms with Crippen LogP contribution in [-0.2, 0) is 6.54 Å². The van der Waals surface area contributed by atoms with Crippen molar-refractivity contribution in [2.75, 3.05) is 0 Å². The Morgan fingerprint density at radius 2 is 2.00 bits per heavy atom. The summed E-state index contributed by atoms with van der Waals surface area (Å²) < 4.78 is 15.4. The number of hydrogen-bond donors (Lipinski definition) is 0. The normalized spacial score (nSPS) is 10.3. The number of hydrogen-bond acceptors (Lipinski definition) is 2. The molecule has 4 nitrogen and oxygen atoms in total. The third-order valence-electron chi connectivity index (χ3n) is 2.47. The Labute approximate surface area is 102 Å². The second-order valence-corrected chi connectivity index (χ2v) is 3.70. The topological polar surface area (TPSA) is 44.0 Å². The van der Waals surface area contributed by atoms with Gasteiger partial charge in [0.2, 0.25) is 0 Å². The molecule has 0 amide bonds. The van der Waals surface area contributed by atoms with E-state index in [9.17, 15) is 14.0 Å². The van der Waals surface area contributed by atoms with Crippen molar-refractivity contribution in [3.05, 3.63) is 75.8 Å². The van der Waals surface area contributed by atoms with Crippen LogP contribution in [0.15, 0.2) is 58.9 Å². The van der Waals surface area contributed by atoms with Crippen LogP contribution in [0.2, 0.25) is 0 Å². The Morgan fingerprint density at radius 1 is 1.22 bits per heavy atom. The average molecular weight is 246 g/mol. The van der Waals surface area contributed by atoms with Gasteiger partial charge in [0.25, 0.3) is 0 Å². The lowest BCUT2D eigenvalue weighted by Gasteiger charge is -2.07. The lowest BCUT2D eigenvalue weighted by molar-refractivity contribution is 0.625. The minimum Gasteiger partial charge on any atom is -0.306 e. The molecule has 0 fully saturated rings. The number of nitrogens with zero attached hydrogens (tertiary/aromatic N) is 2. The SMILES string of the molecule is C=CCn1ccn(-c2cccc(F)c2)c(=O)c1=O. The van der Waals surface area contributed by atoms with Gasteiger partial charge in [0.05, 0.1) is 5.69 Å². The molecule has 2 rings (SSSR count). The maximum Gasteiger partial charge on any atom is 0.320 e. The first-order valence-electron chi connectivity index (χ1n) is 5.32. The Balaban J connectivity index is 2.61. The van der Waals surface area contributed by atoms with Crippen molar-refractivity contribution in [1.29, 1.82) is 0 Å². The summed E-state index contributed by atoms with van der Waals surface area (Å²) in [4.78, 5) is 23.6. The molecular weight excluding hydrogens is 235 g/mol. The van der Waals surface area contributed by atoms with Crippen LogP contribution in [-0.4, -0.2) is 9.13 Å². The van der Waals surface area contributed by atoms with Gasteiger partial charge in [0, 0.05) is 18.9 Å². The Bertz CT molecular complexity index is 701. The molecule has 5 heteroatoms. The van der Waals surface area contributed by atoms with Crippen molar-refractivity contribution < 1.29 is 4.39 Å². The fourth-order valence-corrected chi connectivity index (χ4v) is 1.62. The summed E-state index contributed by atoms with van der Waals surface area (Å²) in [6.07, 6.45) is 4.42. The minimum atomic E-state index is -0.718. The molecule has 0 aliphatic rings. The molecular formula is C13H11FN2O2. The number of rotatable bonds is 3. The zero-order valence-electron chi connectivity index (χ0n) is 9.54. The summed E-state index contributed by atoms with van der Waals surface area (Å²) in [6.45, 7) is 3.76. The van der Waals surface area contributed by atoms with E-state index in [4.69, 9.17) is 0 Å². The molecule has 0 saturated carbocycles. The zero-order valence-corrected chi connectivity index (χ0v) is 9.54. The molecule has 18 heavy (non-hydrogen) atoms. The molecule has 0 spiro atoms. The predicted molar refractivity (Wildman–Crippen MR) is 66.5 cm³/mol. The zero-order chi connectivity index (χ0) is 13.1. The van der Waals surface area contributed by atoms with E-state index in [0.717, 1.165) is 4.57 Å². The number of benzene rings is 1. The molecule has 0 atom stereocenters. The highest BCUT2D eigenvalue weighted by Gasteiger charge is 2.06. The van der Waals surface area contributed by atoms with E-state index in [1.165, 1.54) is 41.2 Å². The molecule has 0 radical (unpaired) electrons. The summed E-state index contributed by atoms with van der Waals surface area (Å²) in [5, 5.41) is 0. The van der Waals surface area contributed by atoms with Crippen LogP contribution in [0.3, 0.4) is 0 Å². The molecule has 1 heterocycles. The van der Waals surface area contributed by atoms with Crippen LogP contribution < -0.4 is 11.1 Å². The van der Waals surface area contributed by atoms with Gasteiger partial charge in [-0.25, -0.2) is 4.39 Å². The lowest BCUT2D eigenvalue weighted by atomic mass is 10.3. The second kappa shape index (κ2) is 4.83. The Kier molecular flexibility index (Phi) is 3.23. The molecule has 0 bridgehead atoms. The average Bonchev–Trinajstić information content (AvgIpc) is 2.35. The van der Waals surface area contributed by atoms with Crippen molar-refractivity contribution >= 4 is 0 Å². The summed E-state index contributed by atoms with van der Waals surface area (Å²) in [5.41, 5.74) is -1.06. The maximum atomic E-state index is 13.1. The fraction of sp³-hybridized carbons (Fsp3) is 0.0769. The second-order valence-electron chi connectivity index (χ2n) is 3.70. The molecule has 1 aromatic carbocycles. The third kappa shape index (κ3) is 2.15. The summed E-state index contributed by atoms with van der Waals surface area (Å²) >= 11 is 0. The predicted octanol–water partition coefficient (Wildman–Crippen LogP) is 1.32. The third-order valence-corrected chi connectivity index (χ3v) is 2.47. The van der Waals surface area contributed by atoms with Crippen LogP contribution in [0.1, 0.15) is 0 Å². The van der Waals surface area contributed by atoms with Crippen molar-refractivity contribution in [3.8, 4) is 5.69 Å². The molecule has 2 aromatic rings. The van der Waals surface area contributed by atoms with Gasteiger partial charge in [-0.15, -0.1) is 6.58 Å². The summed E-state index contributed by atoms with van der Waals surface area (Å²) in [7, 11) is 0. The highest BCUT2D eigenvalue weighted by molar-refractivity contribution is 5.31. The first-order chi connectivity index (χ1) is 8.63. The van der Waals surface area contributed by atoms with Crippen molar-refractivity contribution in [3.63, 3.8) is 0 Å². The first-order valence-corrected chi connectivity index (χ1v) is 5.32. The van der Waals surface area contributed by atoms with Gasteiger partial charge in [-0.3, -0.25) is 14.2 Å². The van der Waals surface area contributed by atoms with Crippen LogP contribution in [0.25, 0.3) is 5.69 Å². The van der Waals surface area contributed by atoms with Gasteiger partial charge in [0.15, 0.2) is 0 Å². The molecule has 1 aromatic heterocycles. The number of allylic oxidation sites excluding steroid dienone is 1. The molecule has 0 N–H and O–H groups in total. The molecule has 0 unspecified atom stereocenters. The van der Waals surface area contributed by atoms with E-state index in [2.05, 4.69) is 6.58 Å². The lowest BCUT2D eigenvalue weighted by Crippen LogP contribution is -2.39. The van der Waals surface area contributed by atoms with Crippen LogP contribution in [0, 0.1) is 5.82 Å². The first kappa shape index (κ1) is 12.0. The van der Waals surface area contributed by atoms with Gasteiger partial charge in [-0.05, 0) is 18.2 Å². The molecule has 0 aliphatic heterocycles. The van der Waals surface area contributed by atoms with Crippen molar-refractivity contribution in [1.82, 2.24) is 9.13 Å². The van der Waals surface area contributed by atoms with Gasteiger partial charge >= 0.3 is 11.1 Å². The maximum absolute atomic E-state index is 13.1.